The third-order valence-electron chi connectivity index (χ3n) is 3.50. The Morgan fingerprint density at radius 1 is 1.20 bits per heavy atom. The highest BCUT2D eigenvalue weighted by Crippen LogP contribution is 2.22. The summed E-state index contributed by atoms with van der Waals surface area (Å²) < 4.78 is 12.3. The molecule has 6 nitrogen and oxygen atoms in total. The van der Waals surface area contributed by atoms with Crippen molar-refractivity contribution in [2.45, 2.75) is 32.8 Å². The van der Waals surface area contributed by atoms with Crippen molar-refractivity contribution in [2.75, 3.05) is 7.11 Å². The number of rotatable bonds is 4. The molecule has 0 saturated heterocycles. The first-order chi connectivity index (χ1) is 11.8. The van der Waals surface area contributed by atoms with E-state index >= 15 is 0 Å². The second-order valence-corrected chi connectivity index (χ2v) is 6.77. The summed E-state index contributed by atoms with van der Waals surface area (Å²) in [5.41, 5.74) is 1.90. The fraction of sp³-hybridized carbons (Fsp3) is 0.316. The van der Waals surface area contributed by atoms with Crippen LogP contribution in [0.4, 0.5) is 0 Å². The molecule has 2 heterocycles. The van der Waals surface area contributed by atoms with Crippen LogP contribution in [0.3, 0.4) is 0 Å². The van der Waals surface area contributed by atoms with E-state index in [1.165, 1.54) is 0 Å². The number of ether oxygens (including phenoxy) is 2. The Balaban J connectivity index is 1.85. The molecule has 0 bridgehead atoms. The van der Waals surface area contributed by atoms with E-state index in [2.05, 4.69) is 10.1 Å². The number of carbonyl (C=O) groups excluding carboxylic acids is 1. The van der Waals surface area contributed by atoms with Crippen molar-refractivity contribution in [1.82, 2.24) is 14.6 Å². The van der Waals surface area contributed by atoms with Crippen LogP contribution >= 0.6 is 0 Å². The minimum absolute atomic E-state index is 0.203. The molecular weight excluding hydrogens is 318 g/mol. The highest BCUT2D eigenvalue weighted by molar-refractivity contribution is 5.73. The van der Waals surface area contributed by atoms with Crippen molar-refractivity contribution in [1.29, 1.82) is 0 Å². The molecule has 0 aliphatic rings. The van der Waals surface area contributed by atoms with Gasteiger partial charge in [-0.15, -0.1) is 5.10 Å². The van der Waals surface area contributed by atoms with Gasteiger partial charge in [-0.3, -0.25) is 4.79 Å². The van der Waals surface area contributed by atoms with Gasteiger partial charge in [0.1, 0.15) is 11.4 Å². The van der Waals surface area contributed by atoms with Crippen molar-refractivity contribution >= 4 is 11.6 Å². The van der Waals surface area contributed by atoms with E-state index in [-0.39, 0.29) is 12.4 Å². The van der Waals surface area contributed by atoms with Crippen LogP contribution in [0.1, 0.15) is 26.3 Å². The molecule has 0 aliphatic heterocycles. The van der Waals surface area contributed by atoms with Crippen LogP contribution in [0, 0.1) is 0 Å². The lowest BCUT2D eigenvalue weighted by atomic mass is 10.1. The maximum Gasteiger partial charge on any atom is 0.310 e. The number of esters is 1. The van der Waals surface area contributed by atoms with E-state index in [9.17, 15) is 4.79 Å². The van der Waals surface area contributed by atoms with Crippen molar-refractivity contribution in [2.24, 2.45) is 0 Å². The van der Waals surface area contributed by atoms with Gasteiger partial charge in [-0.25, -0.2) is 9.50 Å². The molecule has 0 unspecified atom stereocenters. The molecule has 6 heteroatoms. The van der Waals surface area contributed by atoms with Gasteiger partial charge in [0.05, 0.1) is 13.5 Å². The highest BCUT2D eigenvalue weighted by Gasteiger charge is 2.17. The second-order valence-electron chi connectivity index (χ2n) is 6.77. The van der Waals surface area contributed by atoms with Gasteiger partial charge in [0.15, 0.2) is 11.5 Å². The Morgan fingerprint density at radius 2 is 2.00 bits per heavy atom. The van der Waals surface area contributed by atoms with Gasteiger partial charge in [-0.1, -0.05) is 12.1 Å². The van der Waals surface area contributed by atoms with Gasteiger partial charge in [0.2, 0.25) is 0 Å². The lowest BCUT2D eigenvalue weighted by Crippen LogP contribution is -2.24. The Hall–Kier alpha value is -2.89. The van der Waals surface area contributed by atoms with Crippen molar-refractivity contribution in [3.63, 3.8) is 0 Å². The third kappa shape index (κ3) is 4.15. The number of benzene rings is 1. The number of hydrogen-bond donors (Lipinski definition) is 0. The Labute approximate surface area is 146 Å². The molecule has 0 atom stereocenters. The average Bonchev–Trinajstić information content (AvgIpc) is 2.96. The van der Waals surface area contributed by atoms with Gasteiger partial charge in [0.25, 0.3) is 0 Å². The molecule has 0 saturated carbocycles. The van der Waals surface area contributed by atoms with Crippen LogP contribution in [-0.2, 0) is 16.0 Å². The molecule has 0 N–H and O–H groups in total. The number of nitrogens with zero attached hydrogens (tertiary/aromatic N) is 3. The molecule has 0 fully saturated rings. The summed E-state index contributed by atoms with van der Waals surface area (Å²) >= 11 is 0. The molecule has 0 aliphatic carbocycles. The molecule has 0 spiro atoms. The molecule has 25 heavy (non-hydrogen) atoms. The first kappa shape index (κ1) is 17.0. The highest BCUT2D eigenvalue weighted by atomic mass is 16.6. The third-order valence-corrected chi connectivity index (χ3v) is 3.50. The van der Waals surface area contributed by atoms with Crippen LogP contribution in [0.15, 0.2) is 42.6 Å². The number of fused-ring (bicyclic) bond motifs is 1. The van der Waals surface area contributed by atoms with Crippen LogP contribution in [0.5, 0.6) is 5.75 Å². The van der Waals surface area contributed by atoms with Crippen LogP contribution in [0.2, 0.25) is 0 Å². The largest absolute Gasteiger partial charge is 0.497 e. The number of hydrogen-bond acceptors (Lipinski definition) is 5. The minimum atomic E-state index is -0.490. The van der Waals surface area contributed by atoms with Crippen molar-refractivity contribution in [3.8, 4) is 17.1 Å². The van der Waals surface area contributed by atoms with Gasteiger partial charge < -0.3 is 9.47 Å². The SMILES string of the molecule is COc1cccc(-c2nc3cc(CC(=O)OC(C)(C)C)ccn3n2)c1. The van der Waals surface area contributed by atoms with E-state index < -0.39 is 5.60 Å². The van der Waals surface area contributed by atoms with Gasteiger partial charge in [-0.2, -0.15) is 0 Å². The average molecular weight is 339 g/mol. The summed E-state index contributed by atoms with van der Waals surface area (Å²) in [5.74, 6) is 1.10. The topological polar surface area (TPSA) is 65.7 Å². The summed E-state index contributed by atoms with van der Waals surface area (Å²) in [4.78, 5) is 16.5. The van der Waals surface area contributed by atoms with E-state index in [0.717, 1.165) is 16.9 Å². The molecule has 0 radical (unpaired) electrons. The summed E-state index contributed by atoms with van der Waals surface area (Å²) in [7, 11) is 1.62. The zero-order valence-electron chi connectivity index (χ0n) is 14.8. The molecule has 1 aromatic carbocycles. The fourth-order valence-corrected chi connectivity index (χ4v) is 2.46. The molecule has 130 valence electrons. The van der Waals surface area contributed by atoms with Crippen molar-refractivity contribution < 1.29 is 14.3 Å². The van der Waals surface area contributed by atoms with E-state index in [0.29, 0.717) is 11.5 Å². The second kappa shape index (κ2) is 6.55. The quantitative estimate of drug-likeness (QED) is 0.683. The Bertz CT molecular complexity index is 910. The monoisotopic (exact) mass is 339 g/mol. The minimum Gasteiger partial charge on any atom is -0.497 e. The lowest BCUT2D eigenvalue weighted by Gasteiger charge is -2.19. The fourth-order valence-electron chi connectivity index (χ4n) is 2.46. The number of aromatic nitrogens is 3. The molecule has 0 amide bonds. The zero-order valence-corrected chi connectivity index (χ0v) is 14.8. The van der Waals surface area contributed by atoms with Crippen LogP contribution in [0.25, 0.3) is 17.0 Å². The molecular formula is C19H21N3O3. The van der Waals surface area contributed by atoms with Gasteiger partial charge in [-0.05, 0) is 50.6 Å². The maximum atomic E-state index is 12.0. The summed E-state index contributed by atoms with van der Waals surface area (Å²) in [5, 5.41) is 4.47. The predicted octanol–water partition coefficient (Wildman–Crippen LogP) is 3.29. The maximum absolute atomic E-state index is 12.0. The van der Waals surface area contributed by atoms with Crippen molar-refractivity contribution in [3.05, 3.63) is 48.2 Å². The number of methoxy groups -OCH3 is 1. The number of pyridine rings is 1. The normalized spacial score (nSPS) is 11.5. The molecule has 2 aromatic heterocycles. The molecule has 3 aromatic rings. The smallest absolute Gasteiger partial charge is 0.310 e. The zero-order chi connectivity index (χ0) is 18.0. The van der Waals surface area contributed by atoms with E-state index in [1.807, 2.05) is 57.2 Å². The van der Waals surface area contributed by atoms with E-state index in [1.54, 1.807) is 17.8 Å². The summed E-state index contributed by atoms with van der Waals surface area (Å²) in [6.45, 7) is 5.56. The van der Waals surface area contributed by atoms with E-state index in [4.69, 9.17) is 9.47 Å². The van der Waals surface area contributed by atoms with Crippen LogP contribution < -0.4 is 4.74 Å². The Kier molecular flexibility index (Phi) is 4.44. The standard InChI is InChI=1S/C19H21N3O3/c1-19(2,3)25-17(23)11-13-8-9-22-16(10-13)20-18(21-22)14-6-5-7-15(12-14)24-4/h5-10,12H,11H2,1-4H3. The van der Waals surface area contributed by atoms with Crippen LogP contribution in [-0.4, -0.2) is 33.3 Å². The first-order valence-electron chi connectivity index (χ1n) is 8.06. The molecule has 3 rings (SSSR count). The Morgan fingerprint density at radius 3 is 2.72 bits per heavy atom. The predicted molar refractivity (Wildman–Crippen MR) is 94.5 cm³/mol. The lowest BCUT2D eigenvalue weighted by molar-refractivity contribution is -0.153. The van der Waals surface area contributed by atoms with Gasteiger partial charge >= 0.3 is 5.97 Å². The summed E-state index contributed by atoms with van der Waals surface area (Å²) in [6, 6.07) is 11.3. The summed E-state index contributed by atoms with van der Waals surface area (Å²) in [6.07, 6.45) is 2.00. The first-order valence-corrected chi connectivity index (χ1v) is 8.06. The number of carbonyl (C=O) groups is 1. The van der Waals surface area contributed by atoms with Gasteiger partial charge in [0, 0.05) is 11.8 Å².